The Hall–Kier alpha value is -1.32. The van der Waals surface area contributed by atoms with Gasteiger partial charge in [-0.15, -0.1) is 0 Å². The van der Waals surface area contributed by atoms with E-state index in [1.165, 1.54) is 52.0 Å². The van der Waals surface area contributed by atoms with Gasteiger partial charge in [0.05, 0.1) is 16.3 Å². The number of nitro groups is 1. The zero-order valence-electron chi connectivity index (χ0n) is 15.7. The SMILES string of the molecule is CCO[P@@](=O)(OC)[C@@](C)(NS(=O)(=O)C(C)(C)C)c1ccc([N+](=O)[O-])cc1. The van der Waals surface area contributed by atoms with Crippen LogP contribution in [-0.4, -0.2) is 31.8 Å². The van der Waals surface area contributed by atoms with Crippen molar-refractivity contribution in [3.05, 3.63) is 39.9 Å². The maximum absolute atomic E-state index is 13.3. The Morgan fingerprint density at radius 3 is 2.04 bits per heavy atom. The molecule has 1 aromatic carbocycles. The number of nitro benzene ring substituents is 1. The minimum atomic E-state index is -4.01. The van der Waals surface area contributed by atoms with Crippen LogP contribution in [-0.2, 0) is 28.9 Å². The van der Waals surface area contributed by atoms with E-state index in [4.69, 9.17) is 9.05 Å². The first-order valence-corrected chi connectivity index (χ1v) is 10.9. The molecule has 0 heterocycles. The summed E-state index contributed by atoms with van der Waals surface area (Å²) in [6.45, 7) is 7.46. The Morgan fingerprint density at radius 1 is 1.19 bits per heavy atom. The third-order valence-electron chi connectivity index (χ3n) is 3.87. The third kappa shape index (κ3) is 4.32. The number of nitrogens with one attached hydrogen (secondary N) is 1. The molecule has 0 spiro atoms. The molecule has 0 saturated carbocycles. The maximum Gasteiger partial charge on any atom is 0.355 e. The van der Waals surface area contributed by atoms with Crippen molar-refractivity contribution >= 4 is 23.3 Å². The molecule has 148 valence electrons. The van der Waals surface area contributed by atoms with Gasteiger partial charge in [0.1, 0.15) is 0 Å². The van der Waals surface area contributed by atoms with Gasteiger partial charge in [-0.05, 0) is 52.3 Å². The lowest BCUT2D eigenvalue weighted by atomic mass is 10.1. The van der Waals surface area contributed by atoms with Crippen molar-refractivity contribution in [2.45, 2.75) is 44.6 Å². The van der Waals surface area contributed by atoms with Crippen LogP contribution in [0.4, 0.5) is 5.69 Å². The Bertz CT molecular complexity index is 802. The lowest BCUT2D eigenvalue weighted by Gasteiger charge is -2.38. The highest BCUT2D eigenvalue weighted by Crippen LogP contribution is 2.63. The van der Waals surface area contributed by atoms with Crippen LogP contribution in [0.3, 0.4) is 0 Å². The van der Waals surface area contributed by atoms with Crippen LogP contribution in [0.25, 0.3) is 0 Å². The molecule has 0 amide bonds. The molecule has 0 unspecified atom stereocenters. The molecule has 1 aromatic rings. The van der Waals surface area contributed by atoms with Gasteiger partial charge in [-0.3, -0.25) is 14.7 Å². The Labute approximate surface area is 153 Å². The molecule has 1 rings (SSSR count). The van der Waals surface area contributed by atoms with Crippen LogP contribution in [0.15, 0.2) is 24.3 Å². The molecular formula is C15H25N2O7PS. The molecule has 0 fully saturated rings. The number of hydrogen-bond donors (Lipinski definition) is 1. The van der Waals surface area contributed by atoms with Gasteiger partial charge in [0, 0.05) is 19.2 Å². The Kier molecular flexibility index (Phi) is 6.76. The summed E-state index contributed by atoms with van der Waals surface area (Å²) < 4.78 is 50.4. The van der Waals surface area contributed by atoms with E-state index in [2.05, 4.69) is 4.72 Å². The summed E-state index contributed by atoms with van der Waals surface area (Å²) in [5.41, 5.74) is 0.0352. The predicted octanol–water partition coefficient (Wildman–Crippen LogP) is 3.36. The van der Waals surface area contributed by atoms with Gasteiger partial charge in [0.15, 0.2) is 5.28 Å². The molecule has 0 aliphatic heterocycles. The number of rotatable bonds is 8. The van der Waals surface area contributed by atoms with E-state index in [0.717, 1.165) is 7.11 Å². The summed E-state index contributed by atoms with van der Waals surface area (Å²) in [6.07, 6.45) is 0. The first-order valence-electron chi connectivity index (χ1n) is 7.83. The van der Waals surface area contributed by atoms with E-state index >= 15 is 0 Å². The molecule has 0 radical (unpaired) electrons. The van der Waals surface area contributed by atoms with Gasteiger partial charge in [0.2, 0.25) is 10.0 Å². The summed E-state index contributed by atoms with van der Waals surface area (Å²) in [6, 6.07) is 5.05. The quantitative estimate of drug-likeness (QED) is 0.397. The summed E-state index contributed by atoms with van der Waals surface area (Å²) >= 11 is 0. The largest absolute Gasteiger partial charge is 0.355 e. The molecule has 0 saturated heterocycles. The summed E-state index contributed by atoms with van der Waals surface area (Å²) in [5.74, 6) is 0. The minimum absolute atomic E-state index is 0.0188. The highest BCUT2D eigenvalue weighted by molar-refractivity contribution is 7.91. The van der Waals surface area contributed by atoms with E-state index in [0.29, 0.717) is 0 Å². The molecule has 0 bridgehead atoms. The van der Waals surface area contributed by atoms with Crippen molar-refractivity contribution in [3.63, 3.8) is 0 Å². The second kappa shape index (κ2) is 7.74. The number of sulfonamides is 1. The van der Waals surface area contributed by atoms with Crippen molar-refractivity contribution in [2.75, 3.05) is 13.7 Å². The van der Waals surface area contributed by atoms with Crippen molar-refractivity contribution in [3.8, 4) is 0 Å². The van der Waals surface area contributed by atoms with Crippen LogP contribution < -0.4 is 4.72 Å². The monoisotopic (exact) mass is 408 g/mol. The summed E-state index contributed by atoms with van der Waals surface area (Å²) in [5, 5.41) is 9.09. The van der Waals surface area contributed by atoms with Gasteiger partial charge in [-0.25, -0.2) is 8.42 Å². The normalized spacial score (nSPS) is 17.3. The highest BCUT2D eigenvalue weighted by Gasteiger charge is 2.52. The fourth-order valence-corrected chi connectivity index (χ4v) is 5.42. The number of hydrogen-bond acceptors (Lipinski definition) is 7. The van der Waals surface area contributed by atoms with E-state index in [1.807, 2.05) is 0 Å². The third-order valence-corrected chi connectivity index (χ3v) is 8.85. The van der Waals surface area contributed by atoms with Crippen LogP contribution in [0.5, 0.6) is 0 Å². The minimum Gasteiger partial charge on any atom is -0.310 e. The molecule has 0 aromatic heterocycles. The smallest absolute Gasteiger partial charge is 0.310 e. The van der Waals surface area contributed by atoms with E-state index in [1.54, 1.807) is 6.92 Å². The molecule has 1 N–H and O–H groups in total. The van der Waals surface area contributed by atoms with E-state index < -0.39 is 32.6 Å². The highest BCUT2D eigenvalue weighted by atomic mass is 32.2. The van der Waals surface area contributed by atoms with Crippen LogP contribution >= 0.6 is 7.60 Å². The lowest BCUT2D eigenvalue weighted by Crippen LogP contribution is -2.50. The summed E-state index contributed by atoms with van der Waals surface area (Å²) in [7, 11) is -6.81. The fourth-order valence-electron chi connectivity index (χ4n) is 2.13. The van der Waals surface area contributed by atoms with Crippen molar-refractivity contribution in [1.82, 2.24) is 4.72 Å². The second-order valence-corrected chi connectivity index (χ2v) is 11.6. The molecule has 9 nitrogen and oxygen atoms in total. The molecule has 2 atom stereocenters. The number of benzene rings is 1. The average molecular weight is 408 g/mol. The van der Waals surface area contributed by atoms with Gasteiger partial charge < -0.3 is 9.05 Å². The summed E-state index contributed by atoms with van der Waals surface area (Å²) in [4.78, 5) is 10.3. The van der Waals surface area contributed by atoms with Gasteiger partial charge in [-0.2, -0.15) is 4.72 Å². The zero-order chi connectivity index (χ0) is 20.4. The molecule has 11 heteroatoms. The van der Waals surface area contributed by atoms with Gasteiger partial charge in [0.25, 0.3) is 5.69 Å². The van der Waals surface area contributed by atoms with Gasteiger partial charge in [-0.1, -0.05) is 0 Å². The standard InChI is InChI=1S/C15H25N2O7PS/c1-7-24-25(20,23-6)15(5,16-26(21,22)14(2,3)4)12-8-10-13(11-9-12)17(18)19/h8-11,16H,7H2,1-6H3/t15-,25+/m1/s1. The molecule has 0 aliphatic carbocycles. The van der Waals surface area contributed by atoms with Gasteiger partial charge >= 0.3 is 7.60 Å². The lowest BCUT2D eigenvalue weighted by molar-refractivity contribution is -0.384. The van der Waals surface area contributed by atoms with E-state index in [9.17, 15) is 23.1 Å². The Morgan fingerprint density at radius 2 is 1.69 bits per heavy atom. The number of non-ortho nitro benzene ring substituents is 1. The fraction of sp³-hybridized carbons (Fsp3) is 0.600. The van der Waals surface area contributed by atoms with Crippen LogP contribution in [0.2, 0.25) is 0 Å². The average Bonchev–Trinajstić information content (AvgIpc) is 2.53. The van der Waals surface area contributed by atoms with E-state index in [-0.39, 0.29) is 17.9 Å². The molecule has 26 heavy (non-hydrogen) atoms. The van der Waals surface area contributed by atoms with Crippen molar-refractivity contribution in [1.29, 1.82) is 0 Å². The second-order valence-electron chi connectivity index (χ2n) is 6.69. The van der Waals surface area contributed by atoms with Crippen LogP contribution in [0, 0.1) is 10.1 Å². The number of nitrogens with zero attached hydrogens (tertiary/aromatic N) is 1. The predicted molar refractivity (Wildman–Crippen MR) is 98.5 cm³/mol. The van der Waals surface area contributed by atoms with Crippen molar-refractivity contribution in [2.24, 2.45) is 0 Å². The molecular weight excluding hydrogens is 383 g/mol. The first-order chi connectivity index (χ1) is 11.7. The van der Waals surface area contributed by atoms with Crippen LogP contribution in [0.1, 0.15) is 40.2 Å². The first kappa shape index (κ1) is 22.7. The Balaban J connectivity index is 3.62. The zero-order valence-corrected chi connectivity index (χ0v) is 17.4. The topological polar surface area (TPSA) is 125 Å². The maximum atomic E-state index is 13.3. The molecule has 0 aliphatic rings. The van der Waals surface area contributed by atoms with Crippen molar-refractivity contribution < 1.29 is 27.0 Å².